The molecular formula is C13H22ClN3O. The van der Waals surface area contributed by atoms with Gasteiger partial charge in [-0.1, -0.05) is 6.42 Å². The molecule has 1 aromatic heterocycles. The van der Waals surface area contributed by atoms with Gasteiger partial charge in [0.1, 0.15) is 0 Å². The van der Waals surface area contributed by atoms with Crippen molar-refractivity contribution in [2.45, 2.75) is 39.2 Å². The topological polar surface area (TPSA) is 38.2 Å². The number of ether oxygens (including phenoxy) is 1. The van der Waals surface area contributed by atoms with Crippen LogP contribution in [0.3, 0.4) is 0 Å². The van der Waals surface area contributed by atoms with Crippen LogP contribution in [0.25, 0.3) is 0 Å². The van der Waals surface area contributed by atoms with Gasteiger partial charge in [0.05, 0.1) is 18.5 Å². The SMILES string of the molecule is CC(C)Oc1cncc(N(C)CCCCCCl)n1. The summed E-state index contributed by atoms with van der Waals surface area (Å²) in [6.07, 6.45) is 6.84. The van der Waals surface area contributed by atoms with Crippen molar-refractivity contribution in [3.8, 4) is 5.88 Å². The molecule has 0 saturated carbocycles. The standard InChI is InChI=1S/C13H22ClN3O/c1-11(2)18-13-10-15-9-12(16-13)17(3)8-6-4-5-7-14/h9-11H,4-8H2,1-3H3. The molecule has 102 valence electrons. The Labute approximate surface area is 114 Å². The van der Waals surface area contributed by atoms with E-state index in [-0.39, 0.29) is 6.10 Å². The molecule has 1 aromatic rings. The van der Waals surface area contributed by atoms with Crippen molar-refractivity contribution in [1.29, 1.82) is 0 Å². The van der Waals surface area contributed by atoms with E-state index < -0.39 is 0 Å². The van der Waals surface area contributed by atoms with E-state index in [9.17, 15) is 0 Å². The van der Waals surface area contributed by atoms with Crippen molar-refractivity contribution in [3.63, 3.8) is 0 Å². The van der Waals surface area contributed by atoms with Crippen molar-refractivity contribution >= 4 is 17.4 Å². The third-order valence-corrected chi connectivity index (χ3v) is 2.74. The molecule has 0 amide bonds. The maximum Gasteiger partial charge on any atom is 0.234 e. The average molecular weight is 272 g/mol. The van der Waals surface area contributed by atoms with Gasteiger partial charge in [0.15, 0.2) is 5.82 Å². The molecular weight excluding hydrogens is 250 g/mol. The van der Waals surface area contributed by atoms with Crippen LogP contribution >= 0.6 is 11.6 Å². The second-order valence-corrected chi connectivity index (χ2v) is 4.93. The third kappa shape index (κ3) is 5.54. The van der Waals surface area contributed by atoms with Gasteiger partial charge in [0, 0.05) is 19.5 Å². The predicted octanol–water partition coefficient (Wildman–Crippen LogP) is 3.11. The van der Waals surface area contributed by atoms with E-state index in [1.807, 2.05) is 20.9 Å². The molecule has 5 heteroatoms. The van der Waals surface area contributed by atoms with Crippen LogP contribution in [-0.2, 0) is 0 Å². The van der Waals surface area contributed by atoms with Crippen LogP contribution in [0.4, 0.5) is 5.82 Å². The fourth-order valence-electron chi connectivity index (χ4n) is 1.56. The monoisotopic (exact) mass is 271 g/mol. The van der Waals surface area contributed by atoms with Gasteiger partial charge in [-0.2, -0.15) is 4.98 Å². The van der Waals surface area contributed by atoms with Crippen molar-refractivity contribution < 1.29 is 4.74 Å². The van der Waals surface area contributed by atoms with Crippen molar-refractivity contribution in [2.24, 2.45) is 0 Å². The number of hydrogen-bond donors (Lipinski definition) is 0. The van der Waals surface area contributed by atoms with Gasteiger partial charge in [0.2, 0.25) is 5.88 Å². The van der Waals surface area contributed by atoms with E-state index in [1.165, 1.54) is 0 Å². The summed E-state index contributed by atoms with van der Waals surface area (Å²) in [6, 6.07) is 0. The smallest absolute Gasteiger partial charge is 0.234 e. The summed E-state index contributed by atoms with van der Waals surface area (Å²) in [5.74, 6) is 2.16. The van der Waals surface area contributed by atoms with Crippen LogP contribution in [-0.4, -0.2) is 35.5 Å². The molecule has 0 saturated heterocycles. The molecule has 0 unspecified atom stereocenters. The zero-order valence-corrected chi connectivity index (χ0v) is 12.2. The Hall–Kier alpha value is -1.03. The lowest BCUT2D eigenvalue weighted by Gasteiger charge is -2.18. The Balaban J connectivity index is 2.48. The zero-order chi connectivity index (χ0) is 13.4. The molecule has 0 N–H and O–H groups in total. The predicted molar refractivity (Wildman–Crippen MR) is 75.6 cm³/mol. The maximum absolute atomic E-state index is 5.65. The Morgan fingerprint density at radius 3 is 2.72 bits per heavy atom. The third-order valence-electron chi connectivity index (χ3n) is 2.47. The van der Waals surface area contributed by atoms with Gasteiger partial charge in [-0.3, -0.25) is 4.98 Å². The van der Waals surface area contributed by atoms with Gasteiger partial charge < -0.3 is 9.64 Å². The number of nitrogens with zero attached hydrogens (tertiary/aromatic N) is 3. The first-order valence-corrected chi connectivity index (χ1v) is 6.92. The summed E-state index contributed by atoms with van der Waals surface area (Å²) in [4.78, 5) is 10.7. The molecule has 0 bridgehead atoms. The number of hydrogen-bond acceptors (Lipinski definition) is 4. The van der Waals surface area contributed by atoms with E-state index in [2.05, 4.69) is 14.9 Å². The largest absolute Gasteiger partial charge is 0.474 e. The lowest BCUT2D eigenvalue weighted by atomic mass is 10.2. The number of halogens is 1. The highest BCUT2D eigenvalue weighted by molar-refractivity contribution is 6.17. The van der Waals surface area contributed by atoms with E-state index in [0.717, 1.165) is 37.5 Å². The van der Waals surface area contributed by atoms with Gasteiger partial charge in [-0.15, -0.1) is 11.6 Å². The minimum absolute atomic E-state index is 0.114. The number of anilines is 1. The Kier molecular flexibility index (Phi) is 6.80. The number of unbranched alkanes of at least 4 members (excludes halogenated alkanes) is 2. The second-order valence-electron chi connectivity index (χ2n) is 4.55. The highest BCUT2D eigenvalue weighted by Crippen LogP contribution is 2.14. The molecule has 0 fully saturated rings. The molecule has 0 aliphatic carbocycles. The summed E-state index contributed by atoms with van der Waals surface area (Å²) in [5, 5.41) is 0. The first-order chi connectivity index (χ1) is 8.63. The molecule has 0 radical (unpaired) electrons. The Morgan fingerprint density at radius 1 is 1.28 bits per heavy atom. The van der Waals surface area contributed by atoms with Crippen molar-refractivity contribution in [3.05, 3.63) is 12.4 Å². The Morgan fingerprint density at radius 2 is 2.06 bits per heavy atom. The molecule has 18 heavy (non-hydrogen) atoms. The van der Waals surface area contributed by atoms with E-state index >= 15 is 0 Å². The van der Waals surface area contributed by atoms with Crippen LogP contribution in [0, 0.1) is 0 Å². The number of aromatic nitrogens is 2. The van der Waals surface area contributed by atoms with E-state index in [4.69, 9.17) is 16.3 Å². The molecule has 0 aliphatic rings. The zero-order valence-electron chi connectivity index (χ0n) is 11.4. The van der Waals surface area contributed by atoms with Gasteiger partial charge in [-0.25, -0.2) is 0 Å². The normalized spacial score (nSPS) is 10.7. The van der Waals surface area contributed by atoms with Crippen LogP contribution in [0.2, 0.25) is 0 Å². The molecule has 1 rings (SSSR count). The maximum atomic E-state index is 5.65. The van der Waals surface area contributed by atoms with Crippen LogP contribution in [0.15, 0.2) is 12.4 Å². The fraction of sp³-hybridized carbons (Fsp3) is 0.692. The fourth-order valence-corrected chi connectivity index (χ4v) is 1.74. The minimum atomic E-state index is 0.114. The first-order valence-electron chi connectivity index (χ1n) is 6.39. The molecule has 0 aromatic carbocycles. The second kappa shape index (κ2) is 8.14. The molecule has 1 heterocycles. The highest BCUT2D eigenvalue weighted by Gasteiger charge is 2.06. The summed E-state index contributed by atoms with van der Waals surface area (Å²) in [7, 11) is 2.02. The van der Waals surface area contributed by atoms with Crippen LogP contribution < -0.4 is 9.64 Å². The number of alkyl halides is 1. The van der Waals surface area contributed by atoms with Gasteiger partial charge in [0.25, 0.3) is 0 Å². The average Bonchev–Trinajstić information content (AvgIpc) is 2.34. The Bertz CT molecular complexity index is 347. The molecule has 0 atom stereocenters. The van der Waals surface area contributed by atoms with Gasteiger partial charge >= 0.3 is 0 Å². The molecule has 4 nitrogen and oxygen atoms in total. The highest BCUT2D eigenvalue weighted by atomic mass is 35.5. The lowest BCUT2D eigenvalue weighted by molar-refractivity contribution is 0.231. The van der Waals surface area contributed by atoms with Crippen molar-refractivity contribution in [2.75, 3.05) is 24.4 Å². The lowest BCUT2D eigenvalue weighted by Crippen LogP contribution is -2.20. The van der Waals surface area contributed by atoms with Crippen LogP contribution in [0.5, 0.6) is 5.88 Å². The molecule has 0 aliphatic heterocycles. The summed E-state index contributed by atoms with van der Waals surface area (Å²) < 4.78 is 5.53. The summed E-state index contributed by atoms with van der Waals surface area (Å²) >= 11 is 5.65. The van der Waals surface area contributed by atoms with E-state index in [0.29, 0.717) is 5.88 Å². The van der Waals surface area contributed by atoms with E-state index in [1.54, 1.807) is 12.4 Å². The first kappa shape index (κ1) is 15.0. The van der Waals surface area contributed by atoms with Crippen molar-refractivity contribution in [1.82, 2.24) is 9.97 Å². The van der Waals surface area contributed by atoms with Crippen LogP contribution in [0.1, 0.15) is 33.1 Å². The quantitative estimate of drug-likeness (QED) is 0.538. The minimum Gasteiger partial charge on any atom is -0.474 e. The summed E-state index contributed by atoms with van der Waals surface area (Å²) in [6.45, 7) is 4.91. The number of rotatable bonds is 8. The molecule has 0 spiro atoms. The summed E-state index contributed by atoms with van der Waals surface area (Å²) in [5.41, 5.74) is 0. The van der Waals surface area contributed by atoms with Gasteiger partial charge in [-0.05, 0) is 26.7 Å².